The first-order valence-electron chi connectivity index (χ1n) is 9.23. The van der Waals surface area contributed by atoms with Crippen molar-refractivity contribution < 1.29 is 4.79 Å². The Labute approximate surface area is 153 Å². The zero-order valence-electron chi connectivity index (χ0n) is 14.8. The van der Waals surface area contributed by atoms with Crippen LogP contribution in [0.15, 0.2) is 36.4 Å². The van der Waals surface area contributed by atoms with Gasteiger partial charge >= 0.3 is 0 Å². The molecule has 0 atom stereocenters. The highest BCUT2D eigenvalue weighted by Crippen LogP contribution is 2.38. The lowest BCUT2D eigenvalue weighted by molar-refractivity contribution is 0.0642. The van der Waals surface area contributed by atoms with E-state index in [-0.39, 0.29) is 5.91 Å². The van der Waals surface area contributed by atoms with Crippen molar-refractivity contribution in [3.8, 4) is 0 Å². The maximum absolute atomic E-state index is 12.8. The number of piperazine rings is 1. The predicted molar refractivity (Wildman–Crippen MR) is 104 cm³/mol. The van der Waals surface area contributed by atoms with E-state index in [0.717, 1.165) is 50.6 Å². The van der Waals surface area contributed by atoms with Gasteiger partial charge in [0, 0.05) is 38.4 Å². The Hall–Kier alpha value is -1.85. The maximum Gasteiger partial charge on any atom is 0.264 e. The summed E-state index contributed by atoms with van der Waals surface area (Å²) in [5, 5.41) is 1.18. The molecule has 1 aromatic carbocycles. The predicted octanol–water partition coefficient (Wildman–Crippen LogP) is 3.61. The van der Waals surface area contributed by atoms with Crippen molar-refractivity contribution in [3.63, 3.8) is 0 Å². The summed E-state index contributed by atoms with van der Waals surface area (Å²) >= 11 is 1.63. The zero-order chi connectivity index (χ0) is 17.2. The number of thiophene rings is 1. The molecule has 0 radical (unpaired) electrons. The van der Waals surface area contributed by atoms with Crippen molar-refractivity contribution in [1.82, 2.24) is 9.80 Å². The smallest absolute Gasteiger partial charge is 0.264 e. The molecule has 1 saturated heterocycles. The van der Waals surface area contributed by atoms with Gasteiger partial charge in [-0.2, -0.15) is 0 Å². The average molecular weight is 356 g/mol. The summed E-state index contributed by atoms with van der Waals surface area (Å²) in [5.74, 6) is 0.194. The van der Waals surface area contributed by atoms with E-state index in [1.807, 2.05) is 11.0 Å². The molecule has 5 heteroatoms. The first kappa shape index (κ1) is 16.6. The molecule has 0 bridgehead atoms. The Bertz CT molecular complexity index is 749. The van der Waals surface area contributed by atoms with E-state index in [1.165, 1.54) is 22.7 Å². The van der Waals surface area contributed by atoms with Crippen molar-refractivity contribution in [2.75, 3.05) is 44.2 Å². The van der Waals surface area contributed by atoms with Gasteiger partial charge in [0.15, 0.2) is 0 Å². The normalized spacial score (nSPS) is 17.8. The van der Waals surface area contributed by atoms with Crippen LogP contribution in [0.25, 0.3) is 0 Å². The molecule has 0 unspecified atom stereocenters. The minimum absolute atomic E-state index is 0.194. The van der Waals surface area contributed by atoms with Gasteiger partial charge in [0.2, 0.25) is 0 Å². The first-order valence-corrected chi connectivity index (χ1v) is 10.0. The third kappa shape index (κ3) is 3.31. The monoisotopic (exact) mass is 355 g/mol. The molecular formula is C20H25N3OS. The third-order valence-corrected chi connectivity index (χ3v) is 6.25. The summed E-state index contributed by atoms with van der Waals surface area (Å²) in [6.07, 6.45) is 2.26. The fraction of sp³-hybridized carbons (Fsp3) is 0.450. The lowest BCUT2D eigenvalue weighted by atomic mass is 10.2. The Morgan fingerprint density at radius 3 is 2.64 bits per heavy atom. The van der Waals surface area contributed by atoms with Gasteiger partial charge in [-0.1, -0.05) is 25.1 Å². The van der Waals surface area contributed by atoms with Crippen LogP contribution in [0, 0.1) is 0 Å². The second-order valence-corrected chi connectivity index (χ2v) is 7.86. The highest BCUT2D eigenvalue weighted by atomic mass is 32.1. The van der Waals surface area contributed by atoms with E-state index in [0.29, 0.717) is 0 Å². The molecule has 25 heavy (non-hydrogen) atoms. The summed E-state index contributed by atoms with van der Waals surface area (Å²) in [4.78, 5) is 20.5. The summed E-state index contributed by atoms with van der Waals surface area (Å²) in [6, 6.07) is 12.7. The molecular weight excluding hydrogens is 330 g/mol. The molecule has 4 nitrogen and oxygen atoms in total. The molecule has 4 rings (SSSR count). The van der Waals surface area contributed by atoms with Crippen LogP contribution in [0.5, 0.6) is 0 Å². The van der Waals surface area contributed by atoms with Crippen molar-refractivity contribution >= 4 is 27.9 Å². The molecule has 0 N–H and O–H groups in total. The first-order chi connectivity index (χ1) is 12.3. The van der Waals surface area contributed by atoms with Crippen molar-refractivity contribution in [2.45, 2.75) is 19.8 Å². The van der Waals surface area contributed by atoms with Crippen molar-refractivity contribution in [1.29, 1.82) is 0 Å². The number of hydrogen-bond donors (Lipinski definition) is 0. The minimum atomic E-state index is 0.194. The van der Waals surface area contributed by atoms with Crippen molar-refractivity contribution in [3.05, 3.63) is 46.8 Å². The second-order valence-electron chi connectivity index (χ2n) is 6.80. The summed E-state index contributed by atoms with van der Waals surface area (Å²) < 4.78 is 0. The van der Waals surface area contributed by atoms with E-state index >= 15 is 0 Å². The average Bonchev–Trinajstić information content (AvgIpc) is 3.29. The Kier molecular flexibility index (Phi) is 4.77. The number of nitrogens with zero attached hydrogens (tertiary/aromatic N) is 3. The van der Waals surface area contributed by atoms with Crippen LogP contribution in [-0.2, 0) is 6.42 Å². The van der Waals surface area contributed by atoms with Gasteiger partial charge in [0.25, 0.3) is 5.91 Å². The van der Waals surface area contributed by atoms with E-state index in [4.69, 9.17) is 0 Å². The van der Waals surface area contributed by atoms with Crippen LogP contribution in [0.1, 0.15) is 28.6 Å². The van der Waals surface area contributed by atoms with E-state index < -0.39 is 0 Å². The molecule has 3 heterocycles. The number of carbonyl (C=O) groups is 1. The molecule has 1 aromatic heterocycles. The quantitative estimate of drug-likeness (QED) is 0.838. The van der Waals surface area contributed by atoms with Gasteiger partial charge < -0.3 is 9.80 Å². The lowest BCUT2D eigenvalue weighted by Crippen LogP contribution is -2.48. The Morgan fingerprint density at radius 1 is 1.04 bits per heavy atom. The van der Waals surface area contributed by atoms with Crippen molar-refractivity contribution in [2.24, 2.45) is 0 Å². The number of amides is 1. The second kappa shape index (κ2) is 7.18. The Morgan fingerprint density at radius 2 is 1.84 bits per heavy atom. The number of hydrogen-bond acceptors (Lipinski definition) is 4. The topological polar surface area (TPSA) is 26.8 Å². The van der Waals surface area contributed by atoms with Crippen LogP contribution in [0.3, 0.4) is 0 Å². The van der Waals surface area contributed by atoms with Crippen LogP contribution in [-0.4, -0.2) is 55.0 Å². The number of anilines is 2. The molecule has 1 amide bonds. The highest BCUT2D eigenvalue weighted by Gasteiger charge is 2.25. The largest absolute Gasteiger partial charge is 0.335 e. The van der Waals surface area contributed by atoms with E-state index in [9.17, 15) is 4.79 Å². The molecule has 132 valence electrons. The van der Waals surface area contributed by atoms with E-state index in [1.54, 1.807) is 11.3 Å². The lowest BCUT2D eigenvalue weighted by Gasteiger charge is -2.34. The van der Waals surface area contributed by atoms with Crippen LogP contribution < -0.4 is 4.90 Å². The molecule has 1 fully saturated rings. The number of rotatable bonds is 4. The fourth-order valence-electron chi connectivity index (χ4n) is 3.80. The molecule has 0 saturated carbocycles. The van der Waals surface area contributed by atoms with Gasteiger partial charge in [-0.25, -0.2) is 0 Å². The van der Waals surface area contributed by atoms with Gasteiger partial charge in [-0.15, -0.1) is 11.3 Å². The number of carbonyl (C=O) groups excluding carboxylic acids is 1. The number of benzene rings is 1. The maximum atomic E-state index is 12.8. The molecule has 0 spiro atoms. The van der Waals surface area contributed by atoms with Crippen LogP contribution in [0.2, 0.25) is 0 Å². The molecule has 0 aliphatic carbocycles. The van der Waals surface area contributed by atoms with Crippen LogP contribution in [0.4, 0.5) is 10.7 Å². The van der Waals surface area contributed by atoms with Gasteiger partial charge in [-0.3, -0.25) is 9.69 Å². The summed E-state index contributed by atoms with van der Waals surface area (Å²) in [5.41, 5.74) is 2.69. The third-order valence-electron chi connectivity index (χ3n) is 5.16. The SMILES string of the molecule is CCCN1CCN(C(=O)c2ccc(N3CCc4ccccc43)s2)CC1. The summed E-state index contributed by atoms with van der Waals surface area (Å²) in [7, 11) is 0. The number of fused-ring (bicyclic) bond motifs is 1. The van der Waals surface area contributed by atoms with Gasteiger partial charge in [0.1, 0.15) is 0 Å². The fourth-order valence-corrected chi connectivity index (χ4v) is 4.82. The Balaban J connectivity index is 1.44. The minimum Gasteiger partial charge on any atom is -0.335 e. The molecule has 2 aliphatic heterocycles. The summed E-state index contributed by atoms with van der Waals surface area (Å²) in [6.45, 7) is 8.04. The van der Waals surface area contributed by atoms with Gasteiger partial charge in [0.05, 0.1) is 9.88 Å². The molecule has 2 aromatic rings. The molecule has 2 aliphatic rings. The van der Waals surface area contributed by atoms with Gasteiger partial charge in [-0.05, 0) is 43.1 Å². The highest BCUT2D eigenvalue weighted by molar-refractivity contribution is 7.18. The van der Waals surface area contributed by atoms with E-state index in [2.05, 4.69) is 47.1 Å². The van der Waals surface area contributed by atoms with Crippen LogP contribution >= 0.6 is 11.3 Å². The zero-order valence-corrected chi connectivity index (χ0v) is 15.6. The number of para-hydroxylation sites is 1. The standard InChI is InChI=1S/C20H25N3OS/c1-2-10-21-12-14-22(15-13-21)20(24)18-7-8-19(25-18)23-11-9-16-5-3-4-6-17(16)23/h3-8H,2,9-15H2,1H3.